The molecule has 2 heterocycles. The molecule has 1 fully saturated rings. The van der Waals surface area contributed by atoms with Crippen LogP contribution in [0.25, 0.3) is 16.8 Å². The summed E-state index contributed by atoms with van der Waals surface area (Å²) in [5.41, 5.74) is 12.7. The topological polar surface area (TPSA) is 66.5 Å². The number of nitrogens with two attached hydrogens (primary N) is 1. The number of hydrogen-bond donors (Lipinski definition) is 2. The summed E-state index contributed by atoms with van der Waals surface area (Å²) < 4.78 is 31.3. The van der Waals surface area contributed by atoms with E-state index in [0.29, 0.717) is 59.5 Å². The van der Waals surface area contributed by atoms with Gasteiger partial charge in [0.05, 0.1) is 17.6 Å². The molecule has 0 radical (unpaired) electrons. The number of rotatable bonds is 9. The quantitative estimate of drug-likeness (QED) is 0.342. The molecular weight excluding hydrogens is 480 g/mol. The molecule has 1 aliphatic heterocycles. The van der Waals surface area contributed by atoms with Crippen molar-refractivity contribution < 1.29 is 8.78 Å². The highest BCUT2D eigenvalue weighted by molar-refractivity contribution is 6.04. The minimum absolute atomic E-state index is 0.0767. The van der Waals surface area contributed by atoms with Gasteiger partial charge in [0.2, 0.25) is 0 Å². The monoisotopic (exact) mass is 519 g/mol. The lowest BCUT2D eigenvalue weighted by molar-refractivity contribution is 0.199. The normalized spacial score (nSPS) is 16.4. The number of allylic oxidation sites excluding steroid dienone is 4. The molecule has 0 amide bonds. The average Bonchev–Trinajstić information content (AvgIpc) is 2.86. The molecule has 202 valence electrons. The SMILES string of the molecule is C=C(CC)Nc1c(C(C)=NC2CN(C(N)=CCC)C2)cnc(-c2cc(C)cc3c2C(CC)=C(F)CC3)c1F. The van der Waals surface area contributed by atoms with Crippen molar-refractivity contribution in [2.45, 2.75) is 72.8 Å². The molecule has 0 bridgehead atoms. The van der Waals surface area contributed by atoms with Gasteiger partial charge in [-0.05, 0) is 68.4 Å². The zero-order valence-electron chi connectivity index (χ0n) is 23.2. The molecule has 1 aromatic heterocycles. The molecule has 2 aromatic rings. The number of fused-ring (bicyclic) bond motifs is 1. The van der Waals surface area contributed by atoms with Crippen LogP contribution in [0.3, 0.4) is 0 Å². The van der Waals surface area contributed by atoms with E-state index in [1.807, 2.05) is 39.8 Å². The zero-order valence-corrected chi connectivity index (χ0v) is 23.2. The lowest BCUT2D eigenvalue weighted by atomic mass is 9.83. The van der Waals surface area contributed by atoms with Gasteiger partial charge in [-0.3, -0.25) is 9.98 Å². The first kappa shape index (κ1) is 27.6. The van der Waals surface area contributed by atoms with Gasteiger partial charge in [-0.15, -0.1) is 0 Å². The Morgan fingerprint density at radius 3 is 2.63 bits per heavy atom. The Balaban J connectivity index is 1.79. The highest BCUT2D eigenvalue weighted by Crippen LogP contribution is 2.42. The van der Waals surface area contributed by atoms with Crippen LogP contribution in [-0.4, -0.2) is 34.7 Å². The lowest BCUT2D eigenvalue weighted by Gasteiger charge is -2.39. The Morgan fingerprint density at radius 1 is 1.24 bits per heavy atom. The molecule has 2 aliphatic rings. The number of pyridine rings is 1. The first-order valence-electron chi connectivity index (χ1n) is 13.6. The van der Waals surface area contributed by atoms with E-state index < -0.39 is 5.82 Å². The van der Waals surface area contributed by atoms with E-state index >= 15 is 4.39 Å². The van der Waals surface area contributed by atoms with Crippen LogP contribution in [0.2, 0.25) is 0 Å². The molecule has 1 aliphatic carbocycles. The largest absolute Gasteiger partial charge is 0.386 e. The molecule has 0 spiro atoms. The third-order valence-corrected chi connectivity index (χ3v) is 7.37. The molecular formula is C31H39F2N5. The molecule has 1 aromatic carbocycles. The van der Waals surface area contributed by atoms with Crippen LogP contribution in [0.1, 0.15) is 75.6 Å². The van der Waals surface area contributed by atoms with Gasteiger partial charge in [0.25, 0.3) is 0 Å². The Labute approximate surface area is 225 Å². The van der Waals surface area contributed by atoms with E-state index in [-0.39, 0.29) is 17.6 Å². The van der Waals surface area contributed by atoms with E-state index in [9.17, 15) is 4.39 Å². The molecule has 5 nitrogen and oxygen atoms in total. The fourth-order valence-corrected chi connectivity index (χ4v) is 5.27. The Bertz CT molecular complexity index is 1330. The summed E-state index contributed by atoms with van der Waals surface area (Å²) >= 11 is 0. The van der Waals surface area contributed by atoms with Crippen LogP contribution >= 0.6 is 0 Å². The van der Waals surface area contributed by atoms with Crippen molar-refractivity contribution in [1.82, 2.24) is 9.88 Å². The van der Waals surface area contributed by atoms with E-state index in [4.69, 9.17) is 10.7 Å². The number of nitrogens with one attached hydrogen (secondary N) is 1. The maximum Gasteiger partial charge on any atom is 0.173 e. The van der Waals surface area contributed by atoms with Crippen LogP contribution in [0.4, 0.5) is 14.5 Å². The van der Waals surface area contributed by atoms with Crippen molar-refractivity contribution in [1.29, 1.82) is 0 Å². The predicted octanol–water partition coefficient (Wildman–Crippen LogP) is 7.27. The van der Waals surface area contributed by atoms with E-state index in [1.165, 1.54) is 0 Å². The summed E-state index contributed by atoms with van der Waals surface area (Å²) in [4.78, 5) is 11.6. The highest BCUT2D eigenvalue weighted by Gasteiger charge is 2.29. The second-order valence-corrected chi connectivity index (χ2v) is 10.2. The number of hydrogen-bond acceptors (Lipinski definition) is 5. The van der Waals surface area contributed by atoms with Gasteiger partial charge >= 0.3 is 0 Å². The van der Waals surface area contributed by atoms with Gasteiger partial charge in [-0.25, -0.2) is 8.78 Å². The lowest BCUT2D eigenvalue weighted by Crippen LogP contribution is -2.51. The standard InChI is InChI=1S/C31H39F2N5/c1-7-10-27(34)38-16-22(17-38)37-20(6)25-15-35-30(29(33)31(25)36-19(5)8-2)24-14-18(4)13-21-11-12-26(32)23(9-3)28(21)24/h10,13-15,22H,5,7-9,11-12,16-17,34H2,1-4,6H3,(H,35,36). The van der Waals surface area contributed by atoms with Gasteiger partial charge in [-0.2, -0.15) is 0 Å². The summed E-state index contributed by atoms with van der Waals surface area (Å²) in [7, 11) is 0. The number of nitrogens with zero attached hydrogens (tertiary/aromatic N) is 3. The van der Waals surface area contributed by atoms with Crippen LogP contribution in [0.5, 0.6) is 0 Å². The van der Waals surface area contributed by atoms with E-state index in [0.717, 1.165) is 42.0 Å². The van der Waals surface area contributed by atoms with Crippen molar-refractivity contribution in [3.05, 3.63) is 76.4 Å². The molecule has 0 atom stereocenters. The van der Waals surface area contributed by atoms with E-state index in [2.05, 4.69) is 34.8 Å². The van der Waals surface area contributed by atoms with Crippen LogP contribution in [-0.2, 0) is 6.42 Å². The first-order chi connectivity index (χ1) is 18.2. The minimum Gasteiger partial charge on any atom is -0.386 e. The second-order valence-electron chi connectivity index (χ2n) is 10.2. The maximum atomic E-state index is 16.4. The summed E-state index contributed by atoms with van der Waals surface area (Å²) in [5.74, 6) is 0.173. The number of aryl methyl sites for hydroxylation is 2. The van der Waals surface area contributed by atoms with Crippen molar-refractivity contribution in [2.24, 2.45) is 10.7 Å². The molecule has 7 heteroatoms. The number of aliphatic imine (C=N–C) groups is 1. The van der Waals surface area contributed by atoms with Crippen molar-refractivity contribution in [2.75, 3.05) is 18.4 Å². The minimum atomic E-state index is -0.480. The molecule has 0 unspecified atom stereocenters. The third-order valence-electron chi connectivity index (χ3n) is 7.37. The average molecular weight is 520 g/mol. The Kier molecular flexibility index (Phi) is 8.34. The number of benzene rings is 1. The van der Waals surface area contributed by atoms with Gasteiger partial charge in [0.15, 0.2) is 5.82 Å². The van der Waals surface area contributed by atoms with Gasteiger partial charge < -0.3 is 16.0 Å². The molecule has 0 saturated carbocycles. The molecule has 4 rings (SSSR count). The number of aromatic nitrogens is 1. The van der Waals surface area contributed by atoms with E-state index in [1.54, 1.807) is 6.20 Å². The van der Waals surface area contributed by atoms with Gasteiger partial charge in [0.1, 0.15) is 11.5 Å². The summed E-state index contributed by atoms with van der Waals surface area (Å²) in [6, 6.07) is 4.06. The summed E-state index contributed by atoms with van der Waals surface area (Å²) in [5, 5.41) is 3.19. The molecule has 38 heavy (non-hydrogen) atoms. The molecule has 1 saturated heterocycles. The van der Waals surface area contributed by atoms with Crippen molar-refractivity contribution in [3.8, 4) is 11.3 Å². The van der Waals surface area contributed by atoms with Gasteiger partial charge in [0, 0.05) is 48.2 Å². The van der Waals surface area contributed by atoms with Crippen LogP contribution < -0.4 is 11.1 Å². The highest BCUT2D eigenvalue weighted by atomic mass is 19.1. The summed E-state index contributed by atoms with van der Waals surface area (Å²) in [6.07, 6.45) is 6.71. The zero-order chi connectivity index (χ0) is 27.6. The predicted molar refractivity (Wildman–Crippen MR) is 154 cm³/mol. The Morgan fingerprint density at radius 2 is 1.97 bits per heavy atom. The smallest absolute Gasteiger partial charge is 0.173 e. The fraction of sp³-hybridized carbons (Fsp3) is 0.419. The van der Waals surface area contributed by atoms with Gasteiger partial charge in [-0.1, -0.05) is 39.0 Å². The first-order valence-corrected chi connectivity index (χ1v) is 13.6. The van der Waals surface area contributed by atoms with Crippen LogP contribution in [0.15, 0.2) is 53.3 Å². The number of anilines is 1. The van der Waals surface area contributed by atoms with Crippen LogP contribution in [0, 0.1) is 12.7 Å². The third kappa shape index (κ3) is 5.38. The number of likely N-dealkylation sites (tertiary alicyclic amines) is 1. The molecule has 3 N–H and O–H groups in total. The Hall–Kier alpha value is -3.48. The maximum absolute atomic E-state index is 16.4. The summed E-state index contributed by atoms with van der Waals surface area (Å²) in [6.45, 7) is 15.3. The second kappa shape index (κ2) is 11.5. The fourth-order valence-electron chi connectivity index (χ4n) is 5.27. The van der Waals surface area contributed by atoms with Crippen molar-refractivity contribution in [3.63, 3.8) is 0 Å². The number of halogens is 2. The van der Waals surface area contributed by atoms with Crippen molar-refractivity contribution >= 4 is 17.0 Å².